The van der Waals surface area contributed by atoms with Crippen molar-refractivity contribution in [2.24, 2.45) is 0 Å². The zero-order chi connectivity index (χ0) is 23.0. The molecule has 1 N–H and O–H groups in total. The summed E-state index contributed by atoms with van der Waals surface area (Å²) in [7, 11) is -0.878. The standard InChI is InChI=1S/C22H20N4O4S2/c1-14-18(15-8-5-4-6-9-15)19-21(31-14)23-13-26(22(19)28)24-20(27)16-10-7-11-17(12-16)32(29,30)25(2)3/h4-13H,1-3H3,(H,24,27). The summed E-state index contributed by atoms with van der Waals surface area (Å²) in [6.07, 6.45) is 1.26. The Morgan fingerprint density at radius 1 is 1.09 bits per heavy atom. The van der Waals surface area contributed by atoms with Gasteiger partial charge in [-0.1, -0.05) is 36.4 Å². The highest BCUT2D eigenvalue weighted by Gasteiger charge is 2.20. The lowest BCUT2D eigenvalue weighted by molar-refractivity contribution is 0.101. The van der Waals surface area contributed by atoms with Gasteiger partial charge in [-0.05, 0) is 30.7 Å². The number of nitrogens with zero attached hydrogens (tertiary/aromatic N) is 3. The molecule has 2 heterocycles. The van der Waals surface area contributed by atoms with Crippen LogP contribution in [0.5, 0.6) is 0 Å². The van der Waals surface area contributed by atoms with E-state index in [0.29, 0.717) is 10.2 Å². The number of rotatable bonds is 5. The van der Waals surface area contributed by atoms with Gasteiger partial charge in [0.05, 0.1) is 10.3 Å². The fraction of sp³-hybridized carbons (Fsp3) is 0.136. The SMILES string of the molecule is Cc1sc2ncn(NC(=O)c3cccc(S(=O)(=O)N(C)C)c3)c(=O)c2c1-c1ccccc1. The molecule has 1 amide bonds. The second-order valence-electron chi connectivity index (χ2n) is 7.26. The number of sulfonamides is 1. The number of aromatic nitrogens is 2. The molecule has 0 spiro atoms. The van der Waals surface area contributed by atoms with Crippen LogP contribution in [0.3, 0.4) is 0 Å². The summed E-state index contributed by atoms with van der Waals surface area (Å²) in [4.78, 5) is 31.9. The summed E-state index contributed by atoms with van der Waals surface area (Å²) < 4.78 is 26.8. The van der Waals surface area contributed by atoms with Gasteiger partial charge in [0.15, 0.2) is 0 Å². The Hall–Kier alpha value is -3.34. The Balaban J connectivity index is 1.74. The second kappa shape index (κ2) is 8.30. The topological polar surface area (TPSA) is 101 Å². The molecule has 32 heavy (non-hydrogen) atoms. The first-order chi connectivity index (χ1) is 15.2. The quantitative estimate of drug-likeness (QED) is 0.485. The highest BCUT2D eigenvalue weighted by atomic mass is 32.2. The molecule has 0 bridgehead atoms. The summed E-state index contributed by atoms with van der Waals surface area (Å²) in [6.45, 7) is 1.92. The van der Waals surface area contributed by atoms with Crippen molar-refractivity contribution in [1.82, 2.24) is 14.0 Å². The van der Waals surface area contributed by atoms with E-state index in [1.165, 1.54) is 56.0 Å². The lowest BCUT2D eigenvalue weighted by Crippen LogP contribution is -2.33. The first kappa shape index (κ1) is 21.9. The Kier molecular flexibility index (Phi) is 5.68. The Morgan fingerprint density at radius 2 is 1.81 bits per heavy atom. The van der Waals surface area contributed by atoms with Gasteiger partial charge in [0.25, 0.3) is 11.5 Å². The minimum atomic E-state index is -3.70. The highest BCUT2D eigenvalue weighted by molar-refractivity contribution is 7.89. The van der Waals surface area contributed by atoms with E-state index in [4.69, 9.17) is 0 Å². The van der Waals surface area contributed by atoms with E-state index in [1.807, 2.05) is 37.3 Å². The van der Waals surface area contributed by atoms with Gasteiger partial charge in [0, 0.05) is 30.1 Å². The van der Waals surface area contributed by atoms with Gasteiger partial charge >= 0.3 is 0 Å². The maximum absolute atomic E-state index is 13.2. The first-order valence-electron chi connectivity index (χ1n) is 9.60. The number of aryl methyl sites for hydroxylation is 1. The van der Waals surface area contributed by atoms with Gasteiger partial charge < -0.3 is 0 Å². The highest BCUT2D eigenvalue weighted by Crippen LogP contribution is 2.35. The van der Waals surface area contributed by atoms with Crippen molar-refractivity contribution in [3.63, 3.8) is 0 Å². The molecule has 4 rings (SSSR count). The summed E-state index contributed by atoms with van der Waals surface area (Å²) in [5.41, 5.74) is 3.87. The third-order valence-corrected chi connectivity index (χ3v) is 7.77. The molecule has 8 nitrogen and oxygen atoms in total. The molecule has 0 aliphatic rings. The molecule has 164 valence electrons. The molecule has 2 aromatic carbocycles. The number of benzene rings is 2. The van der Waals surface area contributed by atoms with Crippen molar-refractivity contribution in [3.8, 4) is 11.1 Å². The molecule has 0 saturated heterocycles. The van der Waals surface area contributed by atoms with Gasteiger partial charge in [-0.2, -0.15) is 0 Å². The van der Waals surface area contributed by atoms with Gasteiger partial charge in [-0.15, -0.1) is 11.3 Å². The molecule has 0 atom stereocenters. The summed E-state index contributed by atoms with van der Waals surface area (Å²) in [6, 6.07) is 15.2. The Bertz CT molecular complexity index is 1490. The predicted octanol–water partition coefficient (Wildman–Crippen LogP) is 3.07. The van der Waals surface area contributed by atoms with Crippen LogP contribution >= 0.6 is 11.3 Å². The van der Waals surface area contributed by atoms with Crippen LogP contribution in [-0.2, 0) is 10.0 Å². The molecule has 2 aromatic heterocycles. The number of amides is 1. The summed E-state index contributed by atoms with van der Waals surface area (Å²) in [5.74, 6) is -0.628. The second-order valence-corrected chi connectivity index (χ2v) is 10.6. The molecule has 0 radical (unpaired) electrons. The maximum atomic E-state index is 13.2. The Morgan fingerprint density at radius 3 is 2.50 bits per heavy atom. The summed E-state index contributed by atoms with van der Waals surface area (Å²) in [5, 5.41) is 0.422. The van der Waals surface area contributed by atoms with Crippen molar-refractivity contribution in [2.75, 3.05) is 19.5 Å². The smallest absolute Gasteiger partial charge is 0.267 e. The number of hydrogen-bond acceptors (Lipinski definition) is 6. The molecule has 0 fully saturated rings. The number of nitrogens with one attached hydrogen (secondary N) is 1. The molecule has 0 saturated carbocycles. The van der Waals surface area contributed by atoms with E-state index in [-0.39, 0.29) is 10.5 Å². The van der Waals surface area contributed by atoms with E-state index in [0.717, 1.165) is 25.0 Å². The van der Waals surface area contributed by atoms with Gasteiger partial charge in [-0.3, -0.25) is 15.0 Å². The molecule has 0 unspecified atom stereocenters. The van der Waals surface area contributed by atoms with Gasteiger partial charge in [0.1, 0.15) is 11.2 Å². The maximum Gasteiger partial charge on any atom is 0.281 e. The van der Waals surface area contributed by atoms with Crippen LogP contribution in [0.15, 0.2) is 70.6 Å². The van der Waals surface area contributed by atoms with Crippen molar-refractivity contribution < 1.29 is 13.2 Å². The van der Waals surface area contributed by atoms with Crippen LogP contribution in [-0.4, -0.2) is 42.4 Å². The third-order valence-electron chi connectivity index (χ3n) is 4.95. The van der Waals surface area contributed by atoms with Crippen LogP contribution in [0.2, 0.25) is 0 Å². The average Bonchev–Trinajstić information content (AvgIpc) is 3.13. The van der Waals surface area contributed by atoms with Crippen molar-refractivity contribution in [1.29, 1.82) is 0 Å². The normalized spacial score (nSPS) is 11.8. The Labute approximate surface area is 188 Å². The molecule has 0 aliphatic heterocycles. The van der Waals surface area contributed by atoms with E-state index in [2.05, 4.69) is 10.4 Å². The van der Waals surface area contributed by atoms with E-state index in [9.17, 15) is 18.0 Å². The molecule has 0 aliphatic carbocycles. The lowest BCUT2D eigenvalue weighted by atomic mass is 10.0. The number of fused-ring (bicyclic) bond motifs is 1. The van der Waals surface area contributed by atoms with Crippen molar-refractivity contribution >= 4 is 37.5 Å². The minimum Gasteiger partial charge on any atom is -0.267 e. The van der Waals surface area contributed by atoms with Gasteiger partial charge in [0.2, 0.25) is 10.0 Å². The van der Waals surface area contributed by atoms with Crippen LogP contribution in [0.25, 0.3) is 21.3 Å². The zero-order valence-electron chi connectivity index (χ0n) is 17.6. The number of carbonyl (C=O) groups is 1. The van der Waals surface area contributed by atoms with E-state index in [1.54, 1.807) is 0 Å². The van der Waals surface area contributed by atoms with E-state index >= 15 is 0 Å². The van der Waals surface area contributed by atoms with Crippen LogP contribution in [0, 0.1) is 6.92 Å². The largest absolute Gasteiger partial charge is 0.281 e. The predicted molar refractivity (Wildman–Crippen MR) is 125 cm³/mol. The van der Waals surface area contributed by atoms with Gasteiger partial charge in [-0.25, -0.2) is 22.4 Å². The zero-order valence-corrected chi connectivity index (χ0v) is 19.2. The lowest BCUT2D eigenvalue weighted by Gasteiger charge is -2.13. The van der Waals surface area contributed by atoms with Crippen molar-refractivity contribution in [2.45, 2.75) is 11.8 Å². The monoisotopic (exact) mass is 468 g/mol. The van der Waals surface area contributed by atoms with Crippen LogP contribution < -0.4 is 11.0 Å². The molecular formula is C22H20N4O4S2. The van der Waals surface area contributed by atoms with Crippen LogP contribution in [0.1, 0.15) is 15.2 Å². The van der Waals surface area contributed by atoms with E-state index < -0.39 is 21.5 Å². The number of hydrogen-bond donors (Lipinski definition) is 1. The van der Waals surface area contributed by atoms with Crippen molar-refractivity contribution in [3.05, 3.63) is 81.7 Å². The summed E-state index contributed by atoms with van der Waals surface area (Å²) >= 11 is 1.41. The number of thiophene rings is 1. The third kappa shape index (κ3) is 3.83. The fourth-order valence-electron chi connectivity index (χ4n) is 3.32. The fourth-order valence-corrected chi connectivity index (χ4v) is 5.27. The molecule has 10 heteroatoms. The van der Waals surface area contributed by atoms with Crippen LogP contribution in [0.4, 0.5) is 0 Å². The minimum absolute atomic E-state index is 0.0177. The molecular weight excluding hydrogens is 448 g/mol. The first-order valence-corrected chi connectivity index (χ1v) is 11.9. The number of carbonyl (C=O) groups excluding carboxylic acids is 1. The average molecular weight is 469 g/mol. The molecule has 4 aromatic rings.